The number of para-hydroxylation sites is 1. The van der Waals surface area contributed by atoms with Crippen LogP contribution in [0.2, 0.25) is 0 Å². The molecule has 0 saturated carbocycles. The number of aromatic amines is 1. The Morgan fingerprint density at radius 1 is 1.03 bits per heavy atom. The number of hydrogen-bond acceptors (Lipinski definition) is 4. The van der Waals surface area contributed by atoms with Crippen LogP contribution in [0.25, 0.3) is 22.4 Å². The average Bonchev–Trinajstić information content (AvgIpc) is 3.28. The van der Waals surface area contributed by atoms with E-state index in [4.69, 9.17) is 0 Å². The van der Waals surface area contributed by atoms with Crippen molar-refractivity contribution >= 4 is 11.0 Å². The zero-order valence-electron chi connectivity index (χ0n) is 21.9. The topological polar surface area (TPSA) is 44.4 Å². The molecule has 3 heterocycles. The van der Waals surface area contributed by atoms with Gasteiger partial charge in [0.2, 0.25) is 0 Å². The zero-order chi connectivity index (χ0) is 26.2. The van der Waals surface area contributed by atoms with E-state index in [0.717, 1.165) is 48.4 Å². The fourth-order valence-electron chi connectivity index (χ4n) is 6.14. The molecule has 0 radical (unpaired) electrons. The number of halogens is 3. The van der Waals surface area contributed by atoms with E-state index in [9.17, 15) is 13.2 Å². The van der Waals surface area contributed by atoms with Crippen molar-refractivity contribution in [3.63, 3.8) is 0 Å². The highest BCUT2D eigenvalue weighted by atomic mass is 19.4. The fraction of sp³-hybridized carbons (Fsp3) is 0.552. The molecule has 200 valence electrons. The van der Waals surface area contributed by atoms with Gasteiger partial charge in [-0.2, -0.15) is 0 Å². The van der Waals surface area contributed by atoms with E-state index in [1.807, 2.05) is 6.92 Å². The number of alkyl halides is 3. The van der Waals surface area contributed by atoms with Gasteiger partial charge in [0.05, 0.1) is 16.6 Å². The molecule has 2 fully saturated rings. The number of nitrogens with zero attached hydrogens (tertiary/aromatic N) is 3. The maximum Gasteiger partial charge on any atom is 0.573 e. The minimum absolute atomic E-state index is 0.255. The number of benzene rings is 2. The quantitative estimate of drug-likeness (QED) is 0.396. The molecule has 5 nitrogen and oxygen atoms in total. The van der Waals surface area contributed by atoms with Crippen LogP contribution in [0.1, 0.15) is 56.6 Å². The Morgan fingerprint density at radius 3 is 2.41 bits per heavy atom. The molecule has 2 saturated heterocycles. The van der Waals surface area contributed by atoms with Gasteiger partial charge in [0.1, 0.15) is 11.6 Å². The van der Waals surface area contributed by atoms with Crippen molar-refractivity contribution in [3.8, 4) is 17.1 Å². The van der Waals surface area contributed by atoms with E-state index in [1.165, 1.54) is 50.2 Å². The lowest BCUT2D eigenvalue weighted by Gasteiger charge is -2.42. The van der Waals surface area contributed by atoms with E-state index >= 15 is 0 Å². The van der Waals surface area contributed by atoms with Crippen molar-refractivity contribution in [2.24, 2.45) is 5.92 Å². The Labute approximate surface area is 217 Å². The second-order valence-electron chi connectivity index (χ2n) is 11.1. The zero-order valence-corrected chi connectivity index (χ0v) is 21.9. The van der Waals surface area contributed by atoms with E-state index in [-0.39, 0.29) is 5.75 Å². The van der Waals surface area contributed by atoms with E-state index in [1.54, 1.807) is 12.1 Å². The van der Waals surface area contributed by atoms with Gasteiger partial charge >= 0.3 is 6.36 Å². The summed E-state index contributed by atoms with van der Waals surface area (Å²) in [6.45, 7) is 12.5. The van der Waals surface area contributed by atoms with Crippen molar-refractivity contribution < 1.29 is 17.9 Å². The molecule has 2 aromatic carbocycles. The van der Waals surface area contributed by atoms with Gasteiger partial charge in [-0.1, -0.05) is 32.0 Å². The SMILES string of the molecule is Cc1cc(C2CCN(C3CCN(CC(C)C)CC3)CC2)cc2[nH]c(-c3ccccc3OC(F)(F)F)nc12. The number of nitrogens with one attached hydrogen (secondary N) is 1. The van der Waals surface area contributed by atoms with Crippen molar-refractivity contribution in [1.29, 1.82) is 0 Å². The summed E-state index contributed by atoms with van der Waals surface area (Å²) >= 11 is 0. The maximum absolute atomic E-state index is 12.9. The number of ether oxygens (including phenoxy) is 1. The van der Waals surface area contributed by atoms with Crippen LogP contribution in [-0.2, 0) is 0 Å². The van der Waals surface area contributed by atoms with Crippen LogP contribution >= 0.6 is 0 Å². The Hall–Kier alpha value is -2.58. The van der Waals surface area contributed by atoms with Gasteiger partial charge in [0.15, 0.2) is 0 Å². The van der Waals surface area contributed by atoms with Crippen LogP contribution in [0.5, 0.6) is 5.75 Å². The van der Waals surface area contributed by atoms with Crippen molar-refractivity contribution in [2.75, 3.05) is 32.7 Å². The lowest BCUT2D eigenvalue weighted by molar-refractivity contribution is -0.274. The third kappa shape index (κ3) is 6.12. The molecular formula is C29H37F3N4O. The molecule has 1 N–H and O–H groups in total. The number of imidazole rings is 1. The summed E-state index contributed by atoms with van der Waals surface area (Å²) in [5, 5.41) is 0. The lowest BCUT2D eigenvalue weighted by Crippen LogP contribution is -2.48. The summed E-state index contributed by atoms with van der Waals surface area (Å²) in [6.07, 6.45) is 0.0176. The summed E-state index contributed by atoms with van der Waals surface area (Å²) < 4.78 is 43.0. The lowest BCUT2D eigenvalue weighted by atomic mass is 9.87. The van der Waals surface area contributed by atoms with Gasteiger partial charge in [-0.25, -0.2) is 4.98 Å². The van der Waals surface area contributed by atoms with Gasteiger partial charge in [0.25, 0.3) is 0 Å². The number of piperidine rings is 2. The van der Waals surface area contributed by atoms with Crippen LogP contribution in [0.15, 0.2) is 36.4 Å². The molecule has 37 heavy (non-hydrogen) atoms. The Kier molecular flexibility index (Phi) is 7.50. The van der Waals surface area contributed by atoms with Gasteiger partial charge in [-0.3, -0.25) is 0 Å². The monoisotopic (exact) mass is 514 g/mol. The molecule has 3 aromatic rings. The fourth-order valence-corrected chi connectivity index (χ4v) is 6.14. The molecule has 0 unspecified atom stereocenters. The van der Waals surface area contributed by atoms with Gasteiger partial charge in [0, 0.05) is 12.6 Å². The van der Waals surface area contributed by atoms with Crippen molar-refractivity contribution in [3.05, 3.63) is 47.5 Å². The normalized spacial score (nSPS) is 19.2. The third-order valence-electron chi connectivity index (χ3n) is 7.87. The van der Waals surface area contributed by atoms with E-state index < -0.39 is 6.36 Å². The van der Waals surface area contributed by atoms with Crippen LogP contribution in [0.4, 0.5) is 13.2 Å². The van der Waals surface area contributed by atoms with Crippen molar-refractivity contribution in [2.45, 2.75) is 64.8 Å². The number of H-pyrrole nitrogens is 1. The highest BCUT2D eigenvalue weighted by Gasteiger charge is 2.33. The summed E-state index contributed by atoms with van der Waals surface area (Å²) in [5.41, 5.74) is 4.25. The molecule has 0 amide bonds. The first-order valence-electron chi connectivity index (χ1n) is 13.5. The third-order valence-corrected chi connectivity index (χ3v) is 7.87. The summed E-state index contributed by atoms with van der Waals surface area (Å²) in [5.74, 6) is 1.33. The minimum atomic E-state index is -4.76. The molecule has 0 aliphatic carbocycles. The number of aromatic nitrogens is 2. The Bertz CT molecular complexity index is 1210. The molecular weight excluding hydrogens is 477 g/mol. The number of hydrogen-bond donors (Lipinski definition) is 1. The van der Waals surface area contributed by atoms with Gasteiger partial charge < -0.3 is 19.5 Å². The molecule has 2 aliphatic rings. The van der Waals surface area contributed by atoms with Crippen LogP contribution in [0, 0.1) is 12.8 Å². The second-order valence-corrected chi connectivity index (χ2v) is 11.1. The second kappa shape index (κ2) is 10.7. The minimum Gasteiger partial charge on any atom is -0.405 e. The van der Waals surface area contributed by atoms with Crippen LogP contribution in [-0.4, -0.2) is 64.9 Å². The number of fused-ring (bicyclic) bond motifs is 1. The first-order valence-corrected chi connectivity index (χ1v) is 13.5. The summed E-state index contributed by atoms with van der Waals surface area (Å²) in [4.78, 5) is 13.2. The predicted octanol–water partition coefficient (Wildman–Crippen LogP) is 6.74. The van der Waals surface area contributed by atoms with Gasteiger partial charge in [-0.05, 0) is 99.9 Å². The molecule has 0 bridgehead atoms. The molecule has 8 heteroatoms. The molecule has 0 spiro atoms. The number of rotatable bonds is 6. The predicted molar refractivity (Wildman–Crippen MR) is 141 cm³/mol. The Morgan fingerprint density at radius 2 is 1.73 bits per heavy atom. The standard InChI is InChI=1S/C29H37F3N4O/c1-19(2)18-35-12-10-23(11-13-35)36-14-8-21(9-15-36)22-16-20(3)27-25(17-22)33-28(34-27)24-6-4-5-7-26(24)37-29(30,31)32/h4-7,16-17,19,21,23H,8-15,18H2,1-3H3,(H,33,34). The number of aryl methyl sites for hydroxylation is 1. The Balaban J connectivity index is 1.27. The molecule has 1 aromatic heterocycles. The average molecular weight is 515 g/mol. The molecule has 5 rings (SSSR count). The van der Waals surface area contributed by atoms with E-state index in [0.29, 0.717) is 23.3 Å². The first kappa shape index (κ1) is 26.0. The van der Waals surface area contributed by atoms with Crippen LogP contribution in [0.3, 0.4) is 0 Å². The molecule has 0 atom stereocenters. The molecule has 2 aliphatic heterocycles. The highest BCUT2D eigenvalue weighted by Crippen LogP contribution is 2.36. The largest absolute Gasteiger partial charge is 0.573 e. The van der Waals surface area contributed by atoms with E-state index in [2.05, 4.69) is 50.5 Å². The highest BCUT2D eigenvalue weighted by molar-refractivity contribution is 5.84. The van der Waals surface area contributed by atoms with Crippen LogP contribution < -0.4 is 4.74 Å². The summed E-state index contributed by atoms with van der Waals surface area (Å²) in [6, 6.07) is 11.2. The summed E-state index contributed by atoms with van der Waals surface area (Å²) in [7, 11) is 0. The number of likely N-dealkylation sites (tertiary alicyclic amines) is 2. The smallest absolute Gasteiger partial charge is 0.405 e. The first-order chi connectivity index (χ1) is 17.7. The van der Waals surface area contributed by atoms with Gasteiger partial charge in [-0.15, -0.1) is 13.2 Å². The maximum atomic E-state index is 12.9. The van der Waals surface area contributed by atoms with Crippen molar-refractivity contribution in [1.82, 2.24) is 19.8 Å².